The van der Waals surface area contributed by atoms with E-state index in [2.05, 4.69) is 0 Å². The normalized spacial score (nSPS) is 8.29. The fourth-order valence-electron chi connectivity index (χ4n) is 0. The molecule has 0 saturated heterocycles. The summed E-state index contributed by atoms with van der Waals surface area (Å²) in [6, 6.07) is 0. The fraction of sp³-hybridized carbons (Fsp3) is 0. The fourth-order valence-corrected chi connectivity index (χ4v) is 0. The molecule has 0 aromatic rings. The Balaban J connectivity index is -0.00000000800. The summed E-state index contributed by atoms with van der Waals surface area (Å²) < 4.78 is 31.6. The van der Waals surface area contributed by atoms with Gasteiger partial charge in [0.1, 0.15) is 0 Å². The number of hydrogen-bond donors (Lipinski definition) is 2. The predicted octanol–water partition coefficient (Wildman–Crippen LogP) is -3.69. The molecule has 0 aliphatic carbocycles. The first kappa shape index (κ1) is 16.0. The first-order valence-corrected chi connectivity index (χ1v) is 2.10. The summed E-state index contributed by atoms with van der Waals surface area (Å²) in [5.41, 5.74) is 0. The molecule has 0 heterocycles. The first-order chi connectivity index (χ1) is 2.00. The second-order valence-corrected chi connectivity index (χ2v) is 1.34. The molecule has 0 radical (unpaired) electrons. The zero-order valence-corrected chi connectivity index (χ0v) is 9.08. The van der Waals surface area contributed by atoms with E-state index in [1.165, 1.54) is 0 Å². The predicted molar refractivity (Wildman–Crippen MR) is 23.3 cm³/mol. The van der Waals surface area contributed by atoms with Crippen molar-refractivity contribution in [2.24, 2.45) is 0 Å². The minimum atomic E-state index is -4.67. The van der Waals surface area contributed by atoms with Gasteiger partial charge in [0.15, 0.2) is 0 Å². The molecule has 4 nitrogen and oxygen atoms in total. The van der Waals surface area contributed by atoms with Gasteiger partial charge < -0.3 is 4.28 Å². The van der Waals surface area contributed by atoms with E-state index < -0.39 is 10.4 Å². The zero-order chi connectivity index (χ0) is 4.50. The minimum absolute atomic E-state index is 0. The third-order valence-electron chi connectivity index (χ3n) is 0. The largest absolute Gasteiger partial charge is 2.00 e. The maximum absolute atomic E-state index is 8.74. The Kier molecular flexibility index (Phi) is 14.1. The van der Waals surface area contributed by atoms with Crippen LogP contribution in [-0.2, 0) is 10.4 Å². The summed E-state index contributed by atoms with van der Waals surface area (Å²) in [5, 5.41) is 0. The summed E-state index contributed by atoms with van der Waals surface area (Å²) in [6.45, 7) is 0. The third-order valence-corrected chi connectivity index (χ3v) is 0. The second kappa shape index (κ2) is 6.16. The Bertz CT molecular complexity index is 104. The molecule has 0 amide bonds. The molecule has 7 heteroatoms. The van der Waals surface area contributed by atoms with Crippen molar-refractivity contribution < 1.29 is 40.7 Å². The van der Waals surface area contributed by atoms with Gasteiger partial charge in [0, 0.05) is 0 Å². The van der Waals surface area contributed by atoms with Crippen LogP contribution in [0.1, 0.15) is 4.28 Å². The van der Waals surface area contributed by atoms with E-state index in [1.807, 2.05) is 0 Å². The monoisotopic (exact) mass is 246 g/mol. The molecule has 0 rings (SSSR count). The van der Waals surface area contributed by atoms with Crippen LogP contribution >= 0.6 is 0 Å². The third kappa shape index (κ3) is 70.5. The van der Waals surface area contributed by atoms with E-state index in [0.29, 0.717) is 0 Å². The average molecular weight is 245 g/mol. The molecule has 0 fully saturated rings. The van der Waals surface area contributed by atoms with Crippen LogP contribution in [0.15, 0.2) is 0 Å². The maximum atomic E-state index is 8.74. The van der Waals surface area contributed by atoms with Crippen molar-refractivity contribution in [1.29, 1.82) is 0 Å². The number of rotatable bonds is 0. The van der Waals surface area contributed by atoms with Crippen LogP contribution in [0.3, 0.4) is 0 Å². The van der Waals surface area contributed by atoms with E-state index in [1.54, 1.807) is 0 Å². The second-order valence-electron chi connectivity index (χ2n) is 0.448. The van der Waals surface area contributed by atoms with Crippen LogP contribution in [0.4, 0.5) is 0 Å². The smallest absolute Gasteiger partial charge is 1.00 e. The molecule has 0 aromatic heterocycles. The van der Waals surface area contributed by atoms with Crippen LogP contribution in [0.2, 0.25) is 0 Å². The van der Waals surface area contributed by atoms with Crippen molar-refractivity contribution in [2.45, 2.75) is 0 Å². The van der Waals surface area contributed by atoms with E-state index in [-0.39, 0.29) is 72.0 Å². The molecule has 0 spiro atoms. The van der Waals surface area contributed by atoms with Gasteiger partial charge in [0.05, 0.1) is 0 Å². The summed E-state index contributed by atoms with van der Waals surface area (Å²) in [6.07, 6.45) is 0. The van der Waals surface area contributed by atoms with Gasteiger partial charge in [-0.1, -0.05) is 0 Å². The standard InChI is InChI=1S/Ba.Li.H2O4S.3H/c;;1-5(2,3)4;;;/h;;(H2,1,2,3,4);;;/q+2;+1;;3*-1. The molecule has 0 atom stereocenters. The van der Waals surface area contributed by atoms with Gasteiger partial charge >= 0.3 is 78.1 Å². The Hall–Kier alpha value is 2.04. The zero-order valence-electron chi connectivity index (χ0n) is 6.83. The number of hydrogen-bond acceptors (Lipinski definition) is 2. The van der Waals surface area contributed by atoms with Gasteiger partial charge in [0.25, 0.3) is 0 Å². The van der Waals surface area contributed by atoms with E-state index in [4.69, 9.17) is 17.5 Å². The topological polar surface area (TPSA) is 74.6 Å². The molecule has 2 N–H and O–H groups in total. The Morgan fingerprint density at radius 2 is 1.29 bits per heavy atom. The molecule has 7 heavy (non-hydrogen) atoms. The Labute approximate surface area is 98.3 Å². The summed E-state index contributed by atoms with van der Waals surface area (Å²) in [4.78, 5) is 0. The van der Waals surface area contributed by atoms with E-state index in [9.17, 15) is 0 Å². The molecular weight excluding hydrogens is 240 g/mol. The van der Waals surface area contributed by atoms with Crippen molar-refractivity contribution in [1.82, 2.24) is 0 Å². The van der Waals surface area contributed by atoms with Crippen LogP contribution in [0.5, 0.6) is 0 Å². The van der Waals surface area contributed by atoms with E-state index in [0.717, 1.165) is 0 Å². The van der Waals surface area contributed by atoms with Gasteiger partial charge in [-0.2, -0.15) is 8.42 Å². The molecule has 0 unspecified atom stereocenters. The Morgan fingerprint density at radius 1 is 1.29 bits per heavy atom. The van der Waals surface area contributed by atoms with Crippen molar-refractivity contribution in [3.05, 3.63) is 0 Å². The summed E-state index contributed by atoms with van der Waals surface area (Å²) in [7, 11) is -4.67. The van der Waals surface area contributed by atoms with Crippen LogP contribution in [0.25, 0.3) is 0 Å². The average Bonchev–Trinajstić information content (AvgIpc) is 0.722. The summed E-state index contributed by atoms with van der Waals surface area (Å²) >= 11 is 0. The first-order valence-electron chi connectivity index (χ1n) is 0.698. The molecule has 0 bridgehead atoms. The Morgan fingerprint density at radius 3 is 1.29 bits per heavy atom. The maximum Gasteiger partial charge on any atom is 2.00 e. The van der Waals surface area contributed by atoms with Gasteiger partial charge in [-0.3, -0.25) is 9.11 Å². The molecule has 0 aliphatic rings. The minimum Gasteiger partial charge on any atom is -1.00 e. The molecule has 0 saturated carbocycles. The quantitative estimate of drug-likeness (QED) is 0.340. The van der Waals surface area contributed by atoms with Crippen molar-refractivity contribution in [3.8, 4) is 0 Å². The van der Waals surface area contributed by atoms with Crippen molar-refractivity contribution >= 4 is 59.3 Å². The molecule has 0 aromatic carbocycles. The van der Waals surface area contributed by atoms with E-state index >= 15 is 0 Å². The van der Waals surface area contributed by atoms with Crippen molar-refractivity contribution in [2.75, 3.05) is 0 Å². The van der Waals surface area contributed by atoms with Gasteiger partial charge in [-0.15, -0.1) is 0 Å². The SMILES string of the molecule is O=S(=O)(O)O.[Ba+2].[H-].[H-].[H-].[Li+]. The van der Waals surface area contributed by atoms with Crippen molar-refractivity contribution in [3.63, 3.8) is 0 Å². The van der Waals surface area contributed by atoms with Crippen LogP contribution in [0, 0.1) is 0 Å². The molecule has 0 aliphatic heterocycles. The van der Waals surface area contributed by atoms with Gasteiger partial charge in [-0.05, 0) is 0 Å². The molecule has 38 valence electrons. The van der Waals surface area contributed by atoms with Crippen LogP contribution in [-0.4, -0.2) is 66.4 Å². The molecular formula is H5BaLiO4S. The summed E-state index contributed by atoms with van der Waals surface area (Å²) in [5.74, 6) is 0. The van der Waals surface area contributed by atoms with Gasteiger partial charge in [-0.25, -0.2) is 0 Å². The van der Waals surface area contributed by atoms with Crippen LogP contribution < -0.4 is 18.9 Å². The van der Waals surface area contributed by atoms with Gasteiger partial charge in [0.2, 0.25) is 0 Å².